The van der Waals surface area contributed by atoms with Gasteiger partial charge >= 0.3 is 5.97 Å². The number of benzene rings is 2. The molecule has 2 aliphatic carbocycles. The molecule has 2 aromatic rings. The van der Waals surface area contributed by atoms with Gasteiger partial charge in [0.1, 0.15) is 11.4 Å². The van der Waals surface area contributed by atoms with Gasteiger partial charge in [0.15, 0.2) is 0 Å². The van der Waals surface area contributed by atoms with Gasteiger partial charge in [-0.05, 0) is 112 Å². The summed E-state index contributed by atoms with van der Waals surface area (Å²) in [4.78, 5) is 15.5. The number of fused-ring (bicyclic) bond motifs is 3. The predicted molar refractivity (Wildman–Crippen MR) is 157 cm³/mol. The highest BCUT2D eigenvalue weighted by Gasteiger charge is 2.49. The highest BCUT2D eigenvalue weighted by Crippen LogP contribution is 2.52. The minimum Gasteiger partial charge on any atom is -0.490 e. The second-order valence-corrected chi connectivity index (χ2v) is 13.5. The van der Waals surface area contributed by atoms with Crippen molar-refractivity contribution in [3.8, 4) is 5.75 Å². The summed E-state index contributed by atoms with van der Waals surface area (Å²) in [7, 11) is 0. The minimum absolute atomic E-state index is 0.171. The molecule has 39 heavy (non-hydrogen) atoms. The first kappa shape index (κ1) is 28.0. The molecule has 5 rings (SSSR count). The number of anilines is 1. The molecule has 1 saturated carbocycles. The Morgan fingerprint density at radius 3 is 2.77 bits per heavy atom. The molecule has 0 radical (unpaired) electrons. The molecule has 0 amide bonds. The number of rotatable bonds is 6. The molecule has 0 bridgehead atoms. The maximum atomic E-state index is 13.0. The van der Waals surface area contributed by atoms with E-state index >= 15 is 0 Å². The molecule has 0 aromatic heterocycles. The van der Waals surface area contributed by atoms with Gasteiger partial charge in [-0.1, -0.05) is 30.7 Å². The Morgan fingerprint density at radius 2 is 2.08 bits per heavy atom. The van der Waals surface area contributed by atoms with Gasteiger partial charge in [0.05, 0.1) is 24.0 Å². The van der Waals surface area contributed by atoms with Crippen LogP contribution in [-0.4, -0.2) is 42.5 Å². The molecule has 3 aliphatic rings. The average molecular weight is 552 g/mol. The number of aryl methyl sites for hydroxylation is 1. The van der Waals surface area contributed by atoms with Gasteiger partial charge in [-0.15, -0.1) is 6.58 Å². The van der Waals surface area contributed by atoms with E-state index in [-0.39, 0.29) is 16.8 Å². The Balaban J connectivity index is 1.54. The summed E-state index contributed by atoms with van der Waals surface area (Å²) in [6, 6.07) is 11.9. The van der Waals surface area contributed by atoms with Crippen LogP contribution in [0.3, 0.4) is 0 Å². The molecule has 6 heteroatoms. The van der Waals surface area contributed by atoms with E-state index in [4.69, 9.17) is 21.1 Å². The third-order valence-corrected chi connectivity index (χ3v) is 9.46. The molecule has 2 aromatic carbocycles. The SMILES string of the molecule is C=CC[C@H](O)[C@@]1(C)CC[C@@H]1CN1C[C@@]2(CCCc3cc(Cl)ccc32)COc2ccc(C(=O)OC(C)(C)C)cc21. The van der Waals surface area contributed by atoms with Crippen molar-refractivity contribution < 1.29 is 19.4 Å². The molecule has 1 fully saturated rings. The van der Waals surface area contributed by atoms with Gasteiger partial charge in [0.25, 0.3) is 0 Å². The normalized spacial score (nSPS) is 26.9. The van der Waals surface area contributed by atoms with Crippen molar-refractivity contribution in [2.24, 2.45) is 11.3 Å². The summed E-state index contributed by atoms with van der Waals surface area (Å²) in [5.74, 6) is 0.763. The smallest absolute Gasteiger partial charge is 0.338 e. The number of nitrogens with zero attached hydrogens (tertiary/aromatic N) is 1. The number of carbonyl (C=O) groups excluding carboxylic acids is 1. The Labute approximate surface area is 238 Å². The fraction of sp³-hybridized carbons (Fsp3) is 0.545. The van der Waals surface area contributed by atoms with Crippen LogP contribution >= 0.6 is 11.6 Å². The van der Waals surface area contributed by atoms with Crippen LogP contribution < -0.4 is 9.64 Å². The molecule has 0 saturated heterocycles. The summed E-state index contributed by atoms with van der Waals surface area (Å²) in [5, 5.41) is 11.8. The second-order valence-electron chi connectivity index (χ2n) is 13.1. The predicted octanol–water partition coefficient (Wildman–Crippen LogP) is 7.12. The van der Waals surface area contributed by atoms with Crippen LogP contribution in [0.1, 0.15) is 81.3 Å². The van der Waals surface area contributed by atoms with Gasteiger partial charge in [0, 0.05) is 23.5 Å². The lowest BCUT2D eigenvalue weighted by atomic mass is 9.57. The van der Waals surface area contributed by atoms with Crippen LogP contribution in [0.2, 0.25) is 5.02 Å². The molecular weight excluding hydrogens is 510 g/mol. The molecule has 210 valence electrons. The molecule has 0 unspecified atom stereocenters. The van der Waals surface area contributed by atoms with Crippen LogP contribution in [0.4, 0.5) is 5.69 Å². The van der Waals surface area contributed by atoms with Crippen molar-refractivity contribution >= 4 is 23.3 Å². The van der Waals surface area contributed by atoms with Crippen LogP contribution in [0.15, 0.2) is 49.1 Å². The monoisotopic (exact) mass is 551 g/mol. The highest BCUT2D eigenvalue weighted by atomic mass is 35.5. The van der Waals surface area contributed by atoms with Crippen molar-refractivity contribution in [1.82, 2.24) is 0 Å². The van der Waals surface area contributed by atoms with Crippen molar-refractivity contribution in [1.29, 1.82) is 0 Å². The van der Waals surface area contributed by atoms with Gasteiger partial charge in [-0.3, -0.25) is 0 Å². The molecule has 4 atom stereocenters. The third-order valence-electron chi connectivity index (χ3n) is 9.23. The topological polar surface area (TPSA) is 59.0 Å². The maximum Gasteiger partial charge on any atom is 0.338 e. The first-order valence-electron chi connectivity index (χ1n) is 14.3. The zero-order chi connectivity index (χ0) is 28.0. The number of aliphatic hydroxyl groups excluding tert-OH is 1. The molecule has 1 aliphatic heterocycles. The lowest BCUT2D eigenvalue weighted by molar-refractivity contribution is -0.0695. The largest absolute Gasteiger partial charge is 0.490 e. The van der Waals surface area contributed by atoms with E-state index < -0.39 is 11.7 Å². The number of carbonyl (C=O) groups is 1. The molecule has 1 spiro atoms. The van der Waals surface area contributed by atoms with Crippen molar-refractivity contribution in [3.63, 3.8) is 0 Å². The first-order valence-corrected chi connectivity index (χ1v) is 14.6. The van der Waals surface area contributed by atoms with Crippen molar-refractivity contribution in [3.05, 3.63) is 70.8 Å². The summed E-state index contributed by atoms with van der Waals surface area (Å²) in [6.07, 6.45) is 7.14. The van der Waals surface area contributed by atoms with Crippen molar-refractivity contribution in [2.45, 2.75) is 83.3 Å². The molecule has 1 N–H and O–H groups in total. The molecular formula is C33H42ClNO4. The maximum absolute atomic E-state index is 13.0. The van der Waals surface area contributed by atoms with E-state index in [0.29, 0.717) is 24.5 Å². The van der Waals surface area contributed by atoms with E-state index in [2.05, 4.69) is 30.5 Å². The number of ether oxygens (including phenoxy) is 2. The summed E-state index contributed by atoms with van der Waals surface area (Å²) in [6.45, 7) is 13.8. The van der Waals surface area contributed by atoms with Crippen LogP contribution in [-0.2, 0) is 16.6 Å². The summed E-state index contributed by atoms with van der Waals surface area (Å²) < 4.78 is 12.3. The lowest BCUT2D eigenvalue weighted by Crippen LogP contribution is -2.53. The van der Waals surface area contributed by atoms with Crippen molar-refractivity contribution in [2.75, 3.05) is 24.6 Å². The van der Waals surface area contributed by atoms with Crippen LogP contribution in [0.5, 0.6) is 5.75 Å². The second kappa shape index (κ2) is 10.5. The minimum atomic E-state index is -0.577. The summed E-state index contributed by atoms with van der Waals surface area (Å²) in [5.41, 5.74) is 3.11. The highest BCUT2D eigenvalue weighted by molar-refractivity contribution is 6.30. The van der Waals surface area contributed by atoms with Gasteiger partial charge < -0.3 is 19.5 Å². The Kier molecular flexibility index (Phi) is 7.54. The van der Waals surface area contributed by atoms with E-state index in [1.54, 1.807) is 6.07 Å². The zero-order valence-electron chi connectivity index (χ0n) is 23.8. The lowest BCUT2D eigenvalue weighted by Gasteiger charge is -2.52. The Morgan fingerprint density at radius 1 is 1.28 bits per heavy atom. The van der Waals surface area contributed by atoms with Gasteiger partial charge in [-0.25, -0.2) is 4.79 Å². The van der Waals surface area contributed by atoms with E-state index in [1.807, 2.05) is 45.0 Å². The first-order chi connectivity index (χ1) is 18.4. The number of aliphatic hydroxyl groups is 1. The fourth-order valence-corrected chi connectivity index (χ4v) is 7.01. The van der Waals surface area contributed by atoms with E-state index in [9.17, 15) is 9.90 Å². The number of esters is 1. The number of hydrogen-bond donors (Lipinski definition) is 1. The molecule has 1 heterocycles. The molecule has 5 nitrogen and oxygen atoms in total. The quantitative estimate of drug-likeness (QED) is 0.306. The zero-order valence-corrected chi connectivity index (χ0v) is 24.5. The standard InChI is InChI=1S/C33H42ClNO4/c1-6-8-29(36)32(5)16-14-24(32)19-35-20-33(15-7-9-22-17-25(34)11-12-26(22)33)21-38-28-13-10-23(18-27(28)35)30(37)39-31(2,3)4/h6,10-13,17-18,24,29,36H,1,7-9,14-16,19-21H2,2-5H3/t24-,29+,32+,33+/m1/s1. The number of hydrogen-bond acceptors (Lipinski definition) is 5. The fourth-order valence-electron chi connectivity index (χ4n) is 6.81. The Hall–Kier alpha value is -2.50. The van der Waals surface area contributed by atoms with Gasteiger partial charge in [-0.2, -0.15) is 0 Å². The van der Waals surface area contributed by atoms with Crippen LogP contribution in [0, 0.1) is 11.3 Å². The van der Waals surface area contributed by atoms with E-state index in [0.717, 1.165) is 61.7 Å². The van der Waals surface area contributed by atoms with E-state index in [1.165, 1.54) is 11.1 Å². The van der Waals surface area contributed by atoms with Crippen LogP contribution in [0.25, 0.3) is 0 Å². The third kappa shape index (κ3) is 5.45. The average Bonchev–Trinajstić information content (AvgIpc) is 3.02. The Bertz CT molecular complexity index is 1250. The summed E-state index contributed by atoms with van der Waals surface area (Å²) >= 11 is 6.40. The van der Waals surface area contributed by atoms with Gasteiger partial charge in [0.2, 0.25) is 0 Å². The number of halogens is 1.